The molecule has 1 atom stereocenters. The van der Waals surface area contributed by atoms with E-state index in [1.165, 1.54) is 6.07 Å². The zero-order valence-electron chi connectivity index (χ0n) is 10.6. The second kappa shape index (κ2) is 5.55. The second-order valence-electron chi connectivity index (χ2n) is 5.33. The molecule has 1 N–H and O–H groups in total. The molecule has 4 heteroatoms. The molecule has 1 aromatic carbocycles. The van der Waals surface area contributed by atoms with Crippen molar-refractivity contribution < 1.29 is 9.50 Å². The van der Waals surface area contributed by atoms with Gasteiger partial charge in [-0.25, -0.2) is 4.39 Å². The standard InChI is InChI=1S/C14H19ClFNO/c1-14(18)6-3-8-17(9-7-14)10-11-12(15)4-2-5-13(11)16/h2,4-5,18H,3,6-10H2,1H3. The summed E-state index contributed by atoms with van der Waals surface area (Å²) in [4.78, 5) is 2.16. The number of hydrogen-bond donors (Lipinski definition) is 1. The maximum atomic E-state index is 13.7. The molecule has 1 unspecified atom stereocenters. The molecule has 0 amide bonds. The number of rotatable bonds is 2. The van der Waals surface area contributed by atoms with E-state index < -0.39 is 5.60 Å². The van der Waals surface area contributed by atoms with Gasteiger partial charge in [0.05, 0.1) is 5.60 Å². The maximum Gasteiger partial charge on any atom is 0.129 e. The SMILES string of the molecule is CC1(O)CCCN(Cc2c(F)cccc2Cl)CC1. The molecule has 1 heterocycles. The fourth-order valence-corrected chi connectivity index (χ4v) is 2.61. The van der Waals surface area contributed by atoms with E-state index >= 15 is 0 Å². The molecule has 0 saturated carbocycles. The first-order chi connectivity index (χ1) is 8.48. The molecular formula is C14H19ClFNO. The van der Waals surface area contributed by atoms with Crippen LogP contribution < -0.4 is 0 Å². The van der Waals surface area contributed by atoms with E-state index in [9.17, 15) is 9.50 Å². The highest BCUT2D eigenvalue weighted by Gasteiger charge is 2.25. The number of halogens is 2. The molecule has 0 aliphatic carbocycles. The Kier molecular flexibility index (Phi) is 4.25. The van der Waals surface area contributed by atoms with Crippen molar-refractivity contribution in [3.8, 4) is 0 Å². The van der Waals surface area contributed by atoms with E-state index in [0.29, 0.717) is 17.1 Å². The Morgan fingerprint density at radius 1 is 1.39 bits per heavy atom. The van der Waals surface area contributed by atoms with Gasteiger partial charge >= 0.3 is 0 Å². The topological polar surface area (TPSA) is 23.5 Å². The fraction of sp³-hybridized carbons (Fsp3) is 0.571. The Morgan fingerprint density at radius 3 is 2.89 bits per heavy atom. The van der Waals surface area contributed by atoms with Crippen molar-refractivity contribution in [3.63, 3.8) is 0 Å². The lowest BCUT2D eigenvalue weighted by atomic mass is 9.98. The van der Waals surface area contributed by atoms with Crippen LogP contribution in [0.1, 0.15) is 31.7 Å². The first kappa shape index (κ1) is 13.8. The average molecular weight is 272 g/mol. The van der Waals surface area contributed by atoms with Crippen LogP contribution in [0.15, 0.2) is 18.2 Å². The summed E-state index contributed by atoms with van der Waals surface area (Å²) in [5.74, 6) is -0.251. The van der Waals surface area contributed by atoms with Gasteiger partial charge in [0.2, 0.25) is 0 Å². The zero-order valence-corrected chi connectivity index (χ0v) is 11.4. The van der Waals surface area contributed by atoms with Gasteiger partial charge in [-0.3, -0.25) is 4.90 Å². The molecule has 0 spiro atoms. The Balaban J connectivity index is 2.05. The predicted molar refractivity (Wildman–Crippen MR) is 71.2 cm³/mol. The van der Waals surface area contributed by atoms with Crippen LogP contribution in [0, 0.1) is 5.82 Å². The summed E-state index contributed by atoms with van der Waals surface area (Å²) in [6, 6.07) is 4.78. The largest absolute Gasteiger partial charge is 0.390 e. The molecule has 1 aliphatic heterocycles. The van der Waals surface area contributed by atoms with Crippen molar-refractivity contribution in [2.45, 2.75) is 38.3 Å². The van der Waals surface area contributed by atoms with Crippen molar-refractivity contribution >= 4 is 11.6 Å². The van der Waals surface area contributed by atoms with Crippen LogP contribution in [0.4, 0.5) is 4.39 Å². The third kappa shape index (κ3) is 3.44. The molecule has 0 radical (unpaired) electrons. The molecule has 18 heavy (non-hydrogen) atoms. The fourth-order valence-electron chi connectivity index (χ4n) is 2.38. The molecule has 2 rings (SSSR count). The minimum absolute atomic E-state index is 0.251. The first-order valence-electron chi connectivity index (χ1n) is 6.35. The highest BCUT2D eigenvalue weighted by molar-refractivity contribution is 6.31. The lowest BCUT2D eigenvalue weighted by Crippen LogP contribution is -2.28. The quantitative estimate of drug-likeness (QED) is 0.893. The average Bonchev–Trinajstić information content (AvgIpc) is 2.46. The molecule has 100 valence electrons. The van der Waals surface area contributed by atoms with Crippen LogP contribution in [-0.4, -0.2) is 28.7 Å². The summed E-state index contributed by atoms with van der Waals surface area (Å²) in [6.07, 6.45) is 2.45. The number of hydrogen-bond acceptors (Lipinski definition) is 2. The summed E-state index contributed by atoms with van der Waals surface area (Å²) < 4.78 is 13.7. The summed E-state index contributed by atoms with van der Waals surface area (Å²) in [7, 11) is 0. The van der Waals surface area contributed by atoms with E-state index in [0.717, 1.165) is 32.4 Å². The maximum absolute atomic E-state index is 13.7. The Labute approximate surface area is 112 Å². The monoisotopic (exact) mass is 271 g/mol. The number of benzene rings is 1. The third-order valence-corrected chi connectivity index (χ3v) is 3.95. The van der Waals surface area contributed by atoms with Crippen LogP contribution in [-0.2, 0) is 6.54 Å². The highest BCUT2D eigenvalue weighted by atomic mass is 35.5. The molecule has 0 bridgehead atoms. The van der Waals surface area contributed by atoms with E-state index in [4.69, 9.17) is 11.6 Å². The van der Waals surface area contributed by atoms with Gasteiger partial charge in [-0.05, 0) is 44.9 Å². The minimum atomic E-state index is -0.590. The molecule has 0 aromatic heterocycles. The normalized spacial score (nSPS) is 26.0. The van der Waals surface area contributed by atoms with Crippen molar-refractivity contribution in [3.05, 3.63) is 34.6 Å². The van der Waals surface area contributed by atoms with Gasteiger partial charge in [-0.1, -0.05) is 17.7 Å². The molecule has 2 nitrogen and oxygen atoms in total. The van der Waals surface area contributed by atoms with Crippen LogP contribution in [0.25, 0.3) is 0 Å². The minimum Gasteiger partial charge on any atom is -0.390 e. The van der Waals surface area contributed by atoms with Crippen LogP contribution in [0.2, 0.25) is 5.02 Å². The number of nitrogens with zero attached hydrogens (tertiary/aromatic N) is 1. The van der Waals surface area contributed by atoms with Gasteiger partial charge < -0.3 is 5.11 Å². The zero-order chi connectivity index (χ0) is 13.2. The lowest BCUT2D eigenvalue weighted by molar-refractivity contribution is 0.0444. The van der Waals surface area contributed by atoms with E-state index in [1.54, 1.807) is 12.1 Å². The highest BCUT2D eigenvalue weighted by Crippen LogP contribution is 2.25. The van der Waals surface area contributed by atoms with Crippen molar-refractivity contribution in [1.29, 1.82) is 0 Å². The van der Waals surface area contributed by atoms with E-state index in [1.807, 2.05) is 6.92 Å². The molecule has 1 saturated heterocycles. The van der Waals surface area contributed by atoms with Crippen molar-refractivity contribution in [2.75, 3.05) is 13.1 Å². The van der Waals surface area contributed by atoms with E-state index in [-0.39, 0.29) is 5.82 Å². The first-order valence-corrected chi connectivity index (χ1v) is 6.73. The Morgan fingerprint density at radius 2 is 2.17 bits per heavy atom. The van der Waals surface area contributed by atoms with Crippen LogP contribution in [0.5, 0.6) is 0 Å². The van der Waals surface area contributed by atoms with Gasteiger partial charge in [0, 0.05) is 23.7 Å². The summed E-state index contributed by atoms with van der Waals surface area (Å²) in [5, 5.41) is 10.5. The number of likely N-dealkylation sites (tertiary alicyclic amines) is 1. The molecule has 1 aliphatic rings. The molecule has 1 aromatic rings. The summed E-state index contributed by atoms with van der Waals surface area (Å²) in [5.41, 5.74) is -0.0333. The summed E-state index contributed by atoms with van der Waals surface area (Å²) in [6.45, 7) is 4.03. The number of aliphatic hydroxyl groups is 1. The Hall–Kier alpha value is -0.640. The second-order valence-corrected chi connectivity index (χ2v) is 5.73. The predicted octanol–water partition coefficient (Wildman–Crippen LogP) is 3.22. The van der Waals surface area contributed by atoms with Gasteiger partial charge in [0.1, 0.15) is 5.82 Å². The van der Waals surface area contributed by atoms with Gasteiger partial charge in [-0.2, -0.15) is 0 Å². The van der Waals surface area contributed by atoms with Gasteiger partial charge in [0.25, 0.3) is 0 Å². The lowest BCUT2D eigenvalue weighted by Gasteiger charge is -2.23. The van der Waals surface area contributed by atoms with Crippen LogP contribution in [0.3, 0.4) is 0 Å². The van der Waals surface area contributed by atoms with Gasteiger partial charge in [0.15, 0.2) is 0 Å². The third-order valence-electron chi connectivity index (χ3n) is 3.60. The van der Waals surface area contributed by atoms with E-state index in [2.05, 4.69) is 4.90 Å². The van der Waals surface area contributed by atoms with Crippen molar-refractivity contribution in [2.24, 2.45) is 0 Å². The van der Waals surface area contributed by atoms with Crippen molar-refractivity contribution in [1.82, 2.24) is 4.90 Å². The Bertz CT molecular complexity index is 402. The molecule has 1 fully saturated rings. The summed E-state index contributed by atoms with van der Waals surface area (Å²) >= 11 is 6.03. The van der Waals surface area contributed by atoms with Crippen LogP contribution >= 0.6 is 11.6 Å². The molecular weight excluding hydrogens is 253 g/mol. The smallest absolute Gasteiger partial charge is 0.129 e. The van der Waals surface area contributed by atoms with Gasteiger partial charge in [-0.15, -0.1) is 0 Å².